The summed E-state index contributed by atoms with van der Waals surface area (Å²) in [5, 5.41) is 0. The van der Waals surface area contributed by atoms with E-state index in [1.54, 1.807) is 13.8 Å². The first kappa shape index (κ1) is 49.6. The lowest BCUT2D eigenvalue weighted by Gasteiger charge is -2.34. The zero-order valence-electron chi connectivity index (χ0n) is 38.5. The van der Waals surface area contributed by atoms with Gasteiger partial charge in [-0.05, 0) is 182 Å². The minimum Gasteiger partial charge on any atom is -0.494 e. The average molecular weight is 840 g/mol. The highest BCUT2D eigenvalue weighted by Gasteiger charge is 2.21. The summed E-state index contributed by atoms with van der Waals surface area (Å²) in [6, 6.07) is 22.3. The Hall–Kier alpha value is -4.05. The lowest BCUT2D eigenvalue weighted by atomic mass is 9.92. The third kappa shape index (κ3) is 19.7. The number of likely N-dealkylation sites (tertiary alicyclic amines) is 3. The Kier molecular flexibility index (Phi) is 22.6. The monoisotopic (exact) mass is 840 g/mol. The molecular weight excluding hydrogens is 763 g/mol. The van der Waals surface area contributed by atoms with Crippen molar-refractivity contribution in [1.82, 2.24) is 14.7 Å². The van der Waals surface area contributed by atoms with E-state index in [2.05, 4.69) is 35.5 Å². The van der Waals surface area contributed by atoms with Crippen LogP contribution in [0.3, 0.4) is 0 Å². The van der Waals surface area contributed by atoms with Crippen molar-refractivity contribution in [2.24, 2.45) is 17.8 Å². The first-order valence-corrected chi connectivity index (χ1v) is 23.4. The third-order valence-corrected chi connectivity index (χ3v) is 12.0. The van der Waals surface area contributed by atoms with Crippen LogP contribution in [0.1, 0.15) is 137 Å². The van der Waals surface area contributed by atoms with Gasteiger partial charge in [0.25, 0.3) is 0 Å². The predicted octanol–water partition coefficient (Wildman–Crippen LogP) is 10.6. The van der Waals surface area contributed by atoms with Gasteiger partial charge in [-0.15, -0.1) is 0 Å². The number of hydrogen-bond donors (Lipinski definition) is 0. The smallest absolute Gasteiger partial charge is 0.162 e. The highest BCUT2D eigenvalue weighted by atomic mass is 16.5. The van der Waals surface area contributed by atoms with E-state index in [0.717, 1.165) is 110 Å². The van der Waals surface area contributed by atoms with Crippen LogP contribution >= 0.6 is 0 Å². The minimum absolute atomic E-state index is 0.0925. The molecule has 9 nitrogen and oxygen atoms in total. The van der Waals surface area contributed by atoms with Gasteiger partial charge >= 0.3 is 0 Å². The molecule has 3 heterocycles. The zero-order valence-corrected chi connectivity index (χ0v) is 38.5. The van der Waals surface area contributed by atoms with E-state index in [1.807, 2.05) is 79.7 Å². The molecular formula is C52H77N3O6. The first-order chi connectivity index (χ1) is 29.5. The van der Waals surface area contributed by atoms with Crippen LogP contribution in [0.2, 0.25) is 0 Å². The number of hydrogen-bond acceptors (Lipinski definition) is 9. The van der Waals surface area contributed by atoms with Crippen molar-refractivity contribution in [1.29, 1.82) is 0 Å². The summed E-state index contributed by atoms with van der Waals surface area (Å²) in [4.78, 5) is 41.5. The number of piperidine rings is 3. The Morgan fingerprint density at radius 2 is 0.885 bits per heavy atom. The highest BCUT2D eigenvalue weighted by molar-refractivity contribution is 5.96. The molecule has 0 unspecified atom stereocenters. The van der Waals surface area contributed by atoms with Crippen molar-refractivity contribution >= 4 is 17.3 Å². The van der Waals surface area contributed by atoms with Gasteiger partial charge in [-0.1, -0.05) is 34.1 Å². The number of carbonyl (C=O) groups is 3. The summed E-state index contributed by atoms with van der Waals surface area (Å²) in [5.41, 5.74) is 2.24. The molecule has 0 N–H and O–H groups in total. The fourth-order valence-corrected chi connectivity index (χ4v) is 8.39. The third-order valence-electron chi connectivity index (χ3n) is 12.0. The second kappa shape index (κ2) is 27.8. The number of benzene rings is 3. The molecule has 336 valence electrons. The number of ketones is 3. The van der Waals surface area contributed by atoms with Crippen molar-refractivity contribution < 1.29 is 28.6 Å². The molecule has 0 aliphatic carbocycles. The largest absolute Gasteiger partial charge is 0.494 e. The molecule has 61 heavy (non-hydrogen) atoms. The summed E-state index contributed by atoms with van der Waals surface area (Å²) in [6.45, 7) is 25.0. The van der Waals surface area contributed by atoms with Crippen molar-refractivity contribution in [3.63, 3.8) is 0 Å². The maximum Gasteiger partial charge on any atom is 0.162 e. The number of Topliss-reactive ketones (excluding diaryl/α,β-unsaturated/α-hetero) is 3. The highest BCUT2D eigenvalue weighted by Crippen LogP contribution is 2.22. The topological polar surface area (TPSA) is 88.6 Å². The van der Waals surface area contributed by atoms with Gasteiger partial charge in [0.2, 0.25) is 0 Å². The second-order valence-electron chi connectivity index (χ2n) is 17.7. The first-order valence-electron chi connectivity index (χ1n) is 23.4. The molecule has 3 aromatic rings. The van der Waals surface area contributed by atoms with Gasteiger partial charge in [-0.2, -0.15) is 0 Å². The lowest BCUT2D eigenvalue weighted by molar-refractivity contribution is 0.0984. The fraction of sp³-hybridized carbons (Fsp3) is 0.596. The van der Waals surface area contributed by atoms with Crippen LogP contribution in [0.15, 0.2) is 72.8 Å². The molecule has 3 fully saturated rings. The fourth-order valence-electron chi connectivity index (χ4n) is 8.39. The Labute approximate surface area is 368 Å². The normalized spacial score (nSPS) is 18.8. The quantitative estimate of drug-likeness (QED) is 0.0865. The van der Waals surface area contributed by atoms with E-state index in [1.165, 1.54) is 77.8 Å². The van der Waals surface area contributed by atoms with Crippen LogP contribution < -0.4 is 14.2 Å². The van der Waals surface area contributed by atoms with E-state index < -0.39 is 0 Å². The maximum atomic E-state index is 11.5. The Morgan fingerprint density at radius 3 is 1.28 bits per heavy atom. The van der Waals surface area contributed by atoms with Gasteiger partial charge in [-0.25, -0.2) is 0 Å². The molecule has 6 rings (SSSR count). The van der Waals surface area contributed by atoms with Crippen molar-refractivity contribution in [2.75, 3.05) is 78.7 Å². The number of rotatable bonds is 19. The van der Waals surface area contributed by atoms with Crippen molar-refractivity contribution in [2.45, 2.75) is 106 Å². The molecule has 0 spiro atoms. The summed E-state index contributed by atoms with van der Waals surface area (Å²) in [7, 11) is 0. The van der Waals surface area contributed by atoms with Crippen molar-refractivity contribution in [3.05, 3.63) is 89.5 Å². The molecule has 3 aliphatic rings. The summed E-state index contributed by atoms with van der Waals surface area (Å²) >= 11 is 0. The molecule has 3 aliphatic heterocycles. The van der Waals surface area contributed by atoms with Crippen molar-refractivity contribution in [3.8, 4) is 17.2 Å². The standard InChI is InChI=1S/C18H27NO2.2C17H25NO2/c1-14-11-15(2)13-19(12-14)9-4-10-21-18-7-5-17(6-8-18)16(3)20;1-14-8-11-18(12-9-14)10-3-13-20-17-6-4-16(5-7-17)15(2)19;1-2-17(19)15-7-9-16(10-8-15)20-14-6-13-18-11-4-3-5-12-18/h5-8,14-15H,4,9-13H2,1-3H3;4-7,14H,3,8-13H2,1-2H3;7-10H,2-6,11-14H2,1H3/t14-,15-;;/m0../s1. The summed E-state index contributed by atoms with van der Waals surface area (Å²) in [6.07, 6.45) is 11.8. The van der Waals surface area contributed by atoms with Gasteiger partial charge in [0.05, 0.1) is 19.8 Å². The van der Waals surface area contributed by atoms with Gasteiger partial charge < -0.3 is 28.9 Å². The minimum atomic E-state index is 0.0925. The van der Waals surface area contributed by atoms with E-state index in [9.17, 15) is 14.4 Å². The van der Waals surface area contributed by atoms with Crippen LogP contribution in [-0.2, 0) is 0 Å². The Balaban J connectivity index is 0.000000202. The van der Waals surface area contributed by atoms with E-state index in [-0.39, 0.29) is 17.3 Å². The van der Waals surface area contributed by atoms with Crippen LogP contribution in [0.4, 0.5) is 0 Å². The van der Waals surface area contributed by atoms with Gasteiger partial charge in [0.15, 0.2) is 17.3 Å². The summed E-state index contributed by atoms with van der Waals surface area (Å²) < 4.78 is 17.2. The van der Waals surface area contributed by atoms with Gasteiger partial charge in [0, 0.05) is 55.8 Å². The lowest BCUT2D eigenvalue weighted by Crippen LogP contribution is -2.39. The van der Waals surface area contributed by atoms with Crippen LogP contribution in [-0.4, -0.2) is 111 Å². The van der Waals surface area contributed by atoms with E-state index in [4.69, 9.17) is 14.2 Å². The molecule has 2 atom stereocenters. The van der Waals surface area contributed by atoms with Crippen LogP contribution in [0, 0.1) is 17.8 Å². The average Bonchev–Trinajstić information content (AvgIpc) is 3.27. The molecule has 0 saturated carbocycles. The Morgan fingerprint density at radius 1 is 0.508 bits per heavy atom. The van der Waals surface area contributed by atoms with Gasteiger partial charge in [-0.3, -0.25) is 14.4 Å². The van der Waals surface area contributed by atoms with E-state index >= 15 is 0 Å². The zero-order chi connectivity index (χ0) is 43.8. The Bertz CT molecular complexity index is 1670. The molecule has 3 aromatic carbocycles. The van der Waals surface area contributed by atoms with Crippen LogP contribution in [0.5, 0.6) is 17.2 Å². The molecule has 0 bridgehead atoms. The molecule has 3 saturated heterocycles. The number of carbonyl (C=O) groups excluding carboxylic acids is 3. The van der Waals surface area contributed by atoms with E-state index in [0.29, 0.717) is 6.42 Å². The number of nitrogens with zero attached hydrogens (tertiary/aromatic N) is 3. The summed E-state index contributed by atoms with van der Waals surface area (Å²) in [5.74, 6) is 5.44. The van der Waals surface area contributed by atoms with Gasteiger partial charge in [0.1, 0.15) is 17.2 Å². The second-order valence-corrected chi connectivity index (χ2v) is 17.7. The molecule has 0 radical (unpaired) electrons. The van der Waals surface area contributed by atoms with Crippen LogP contribution in [0.25, 0.3) is 0 Å². The maximum absolute atomic E-state index is 11.5. The predicted molar refractivity (Wildman–Crippen MR) is 249 cm³/mol. The SMILES string of the molecule is CC(=O)c1ccc(OCCCN2CCC(C)CC2)cc1.CC(=O)c1ccc(OCCCN2C[C@@H](C)C[C@H](C)C2)cc1.CCC(=O)c1ccc(OCCCN2CCCCC2)cc1. The molecule has 9 heteroatoms. The molecule has 0 aromatic heterocycles. The number of ether oxygens (including phenoxy) is 3. The molecule has 0 amide bonds.